The number of amides is 1. The van der Waals surface area contributed by atoms with Gasteiger partial charge in [0.05, 0.1) is 44.8 Å². The second kappa shape index (κ2) is 16.4. The predicted octanol–water partition coefficient (Wildman–Crippen LogP) is 4.28. The minimum Gasteiger partial charge on any atom is -0.490 e. The van der Waals surface area contributed by atoms with Crippen molar-refractivity contribution in [2.75, 3.05) is 72.2 Å². The number of ether oxygens (including phenoxy) is 5. The molecule has 2 aromatic carbocycles. The van der Waals surface area contributed by atoms with Crippen LogP contribution in [-0.2, 0) is 37.0 Å². The molecule has 2 aliphatic rings. The van der Waals surface area contributed by atoms with Crippen LogP contribution in [0.5, 0.6) is 5.75 Å². The van der Waals surface area contributed by atoms with Crippen molar-refractivity contribution in [1.29, 1.82) is 0 Å². The van der Waals surface area contributed by atoms with E-state index in [9.17, 15) is 4.79 Å². The van der Waals surface area contributed by atoms with Gasteiger partial charge in [0, 0.05) is 58.3 Å². The molecule has 9 nitrogen and oxygen atoms in total. The average molecular weight is 598 g/mol. The number of benzene rings is 2. The van der Waals surface area contributed by atoms with Crippen molar-refractivity contribution in [1.82, 2.24) is 10.6 Å². The molecule has 4 rings (SSSR count). The molecule has 43 heavy (non-hydrogen) atoms. The zero-order valence-corrected chi connectivity index (χ0v) is 26.7. The third kappa shape index (κ3) is 9.40. The fourth-order valence-electron chi connectivity index (χ4n) is 6.13. The van der Waals surface area contributed by atoms with E-state index in [-0.39, 0.29) is 24.0 Å². The number of hydrogen-bond acceptors (Lipinski definition) is 8. The van der Waals surface area contributed by atoms with Gasteiger partial charge in [-0.25, -0.2) is 0 Å². The van der Waals surface area contributed by atoms with Crippen LogP contribution in [0.15, 0.2) is 42.5 Å². The summed E-state index contributed by atoms with van der Waals surface area (Å²) in [7, 11) is 5.13. The fraction of sp³-hybridized carbons (Fsp3) is 0.618. The van der Waals surface area contributed by atoms with Gasteiger partial charge in [-0.2, -0.15) is 0 Å². The molecule has 2 aromatic rings. The summed E-state index contributed by atoms with van der Waals surface area (Å²) in [5, 5.41) is 6.53. The maximum absolute atomic E-state index is 12.5. The van der Waals surface area contributed by atoms with Crippen LogP contribution in [0.3, 0.4) is 0 Å². The predicted molar refractivity (Wildman–Crippen MR) is 169 cm³/mol. The number of piperidine rings is 1. The van der Waals surface area contributed by atoms with Crippen molar-refractivity contribution in [3.05, 3.63) is 59.2 Å². The van der Waals surface area contributed by atoms with Gasteiger partial charge in [0.15, 0.2) is 0 Å². The Morgan fingerprint density at radius 1 is 1.05 bits per heavy atom. The molecule has 2 N–H and O–H groups in total. The molecule has 0 bridgehead atoms. The van der Waals surface area contributed by atoms with Gasteiger partial charge < -0.3 is 39.2 Å². The van der Waals surface area contributed by atoms with Crippen LogP contribution in [0.2, 0.25) is 0 Å². The third-order valence-corrected chi connectivity index (χ3v) is 8.53. The molecule has 1 fully saturated rings. The van der Waals surface area contributed by atoms with Crippen LogP contribution in [-0.4, -0.2) is 85.4 Å². The van der Waals surface area contributed by atoms with Crippen molar-refractivity contribution >= 4 is 11.6 Å². The molecule has 1 saturated heterocycles. The van der Waals surface area contributed by atoms with E-state index < -0.39 is 5.41 Å². The summed E-state index contributed by atoms with van der Waals surface area (Å²) < 4.78 is 28.7. The van der Waals surface area contributed by atoms with Gasteiger partial charge in [0.25, 0.3) is 0 Å². The molecule has 0 spiro atoms. The van der Waals surface area contributed by atoms with E-state index in [4.69, 9.17) is 23.7 Å². The van der Waals surface area contributed by atoms with E-state index >= 15 is 0 Å². The molecule has 2 heterocycles. The van der Waals surface area contributed by atoms with E-state index in [1.54, 1.807) is 21.3 Å². The molecule has 2 aliphatic heterocycles. The van der Waals surface area contributed by atoms with Crippen LogP contribution in [0, 0.1) is 5.41 Å². The zero-order valence-electron chi connectivity index (χ0n) is 26.7. The number of carbonyl (C=O) groups is 1. The Morgan fingerprint density at radius 3 is 2.56 bits per heavy atom. The van der Waals surface area contributed by atoms with Crippen molar-refractivity contribution in [2.24, 2.45) is 5.41 Å². The lowest BCUT2D eigenvalue weighted by atomic mass is 9.77. The Balaban J connectivity index is 1.46. The van der Waals surface area contributed by atoms with E-state index in [2.05, 4.69) is 58.0 Å². The summed E-state index contributed by atoms with van der Waals surface area (Å²) in [5.74, 6) is 1.19. The normalized spacial score (nSPS) is 20.4. The van der Waals surface area contributed by atoms with Crippen LogP contribution in [0.25, 0.3) is 0 Å². The molecule has 1 amide bonds. The van der Waals surface area contributed by atoms with Crippen molar-refractivity contribution in [3.63, 3.8) is 0 Å². The fourth-order valence-corrected chi connectivity index (χ4v) is 6.13. The number of carbonyl (C=O) groups excluding carboxylic acids is 1. The van der Waals surface area contributed by atoms with Gasteiger partial charge in [0.1, 0.15) is 12.4 Å². The maximum Gasteiger partial charge on any atom is 0.225 e. The first-order valence-corrected chi connectivity index (χ1v) is 15.6. The quantitative estimate of drug-likeness (QED) is 0.277. The van der Waals surface area contributed by atoms with Crippen molar-refractivity contribution < 1.29 is 28.5 Å². The molecule has 0 aliphatic carbocycles. The van der Waals surface area contributed by atoms with E-state index in [0.29, 0.717) is 33.0 Å². The average Bonchev–Trinajstić information content (AvgIpc) is 3.02. The summed E-state index contributed by atoms with van der Waals surface area (Å²) in [5.41, 5.74) is 4.18. The number of rotatable bonds is 16. The lowest BCUT2D eigenvalue weighted by Gasteiger charge is -2.40. The lowest BCUT2D eigenvalue weighted by molar-refractivity contribution is -0.129. The number of nitrogens with zero attached hydrogens (tertiary/aromatic N) is 1. The van der Waals surface area contributed by atoms with Crippen LogP contribution >= 0.6 is 0 Å². The van der Waals surface area contributed by atoms with E-state index in [1.807, 2.05) is 13.8 Å². The SMILES string of the molecule is CNC(=O)C(C)(C)C[C@H]1CC(c2ccc(COCCOC)cc2)[C@@H](OCc2ccc3c(c2)N(CCCOC)CCO3)CN1. The summed E-state index contributed by atoms with van der Waals surface area (Å²) in [6.45, 7) is 10.2. The highest BCUT2D eigenvalue weighted by Gasteiger charge is 2.37. The molecule has 1 unspecified atom stereocenters. The Morgan fingerprint density at radius 2 is 1.81 bits per heavy atom. The first kappa shape index (κ1) is 33.2. The highest BCUT2D eigenvalue weighted by Crippen LogP contribution is 2.36. The summed E-state index contributed by atoms with van der Waals surface area (Å²) >= 11 is 0. The Labute approximate surface area is 257 Å². The van der Waals surface area contributed by atoms with Crippen molar-refractivity contribution in [3.8, 4) is 5.75 Å². The summed E-state index contributed by atoms with van der Waals surface area (Å²) in [6, 6.07) is 15.3. The van der Waals surface area contributed by atoms with Gasteiger partial charge in [-0.05, 0) is 48.1 Å². The topological polar surface area (TPSA) is 90.5 Å². The largest absolute Gasteiger partial charge is 0.490 e. The molecule has 9 heteroatoms. The minimum absolute atomic E-state index is 0.00625. The first-order valence-electron chi connectivity index (χ1n) is 15.6. The molecular formula is C34H51N3O6. The highest BCUT2D eigenvalue weighted by atomic mass is 16.5. The lowest BCUT2D eigenvalue weighted by Crippen LogP contribution is -2.50. The number of anilines is 1. The van der Waals surface area contributed by atoms with Crippen LogP contribution in [0.1, 0.15) is 55.7 Å². The number of fused-ring (bicyclic) bond motifs is 1. The van der Waals surface area contributed by atoms with Gasteiger partial charge in [-0.3, -0.25) is 4.79 Å². The second-order valence-electron chi connectivity index (χ2n) is 12.2. The molecule has 3 atom stereocenters. The summed E-state index contributed by atoms with van der Waals surface area (Å²) in [6.07, 6.45) is 2.61. The first-order chi connectivity index (χ1) is 20.8. The number of methoxy groups -OCH3 is 2. The Hall–Kier alpha value is -2.69. The smallest absolute Gasteiger partial charge is 0.225 e. The Bertz CT molecular complexity index is 1140. The van der Waals surface area contributed by atoms with Gasteiger partial charge >= 0.3 is 0 Å². The van der Waals surface area contributed by atoms with Gasteiger partial charge in [0.2, 0.25) is 5.91 Å². The van der Waals surface area contributed by atoms with E-state index in [1.165, 1.54) is 5.56 Å². The molecule has 0 radical (unpaired) electrons. The zero-order chi connectivity index (χ0) is 30.7. The molecule has 238 valence electrons. The van der Waals surface area contributed by atoms with Gasteiger partial charge in [-0.1, -0.05) is 44.2 Å². The standard InChI is InChI=1S/C34H51N3O6/c1-34(2,33(38)35-3)21-28-20-29(27-10-7-25(8-11-27)23-41-18-17-40-5)32(22-36-28)43-24-26-9-12-31-30(19-26)37(14-16-42-31)13-6-15-39-4/h7-12,19,28-29,32,36H,6,13-18,20-24H2,1-5H3,(H,35,38)/t28-,29?,32+/m1/s1. The maximum atomic E-state index is 12.5. The Kier molecular flexibility index (Phi) is 12.7. The minimum atomic E-state index is -0.464. The highest BCUT2D eigenvalue weighted by molar-refractivity contribution is 5.81. The molecule has 0 saturated carbocycles. The van der Waals surface area contributed by atoms with Crippen LogP contribution < -0.4 is 20.3 Å². The summed E-state index contributed by atoms with van der Waals surface area (Å²) in [4.78, 5) is 14.9. The molecular weight excluding hydrogens is 546 g/mol. The van der Waals surface area contributed by atoms with Gasteiger partial charge in [-0.15, -0.1) is 0 Å². The number of hydrogen-bond donors (Lipinski definition) is 2. The number of nitrogens with one attached hydrogen (secondary N) is 2. The van der Waals surface area contributed by atoms with Crippen molar-refractivity contribution in [2.45, 2.75) is 64.4 Å². The van der Waals surface area contributed by atoms with Crippen LogP contribution in [0.4, 0.5) is 5.69 Å². The monoisotopic (exact) mass is 597 g/mol. The second-order valence-corrected chi connectivity index (χ2v) is 12.2. The van der Waals surface area contributed by atoms with E-state index in [0.717, 1.165) is 68.1 Å². The molecule has 0 aromatic heterocycles. The third-order valence-electron chi connectivity index (χ3n) is 8.53.